The fourth-order valence-electron chi connectivity index (χ4n) is 2.60. The van der Waals surface area contributed by atoms with Crippen molar-refractivity contribution < 1.29 is 9.53 Å². The van der Waals surface area contributed by atoms with Crippen molar-refractivity contribution in [3.8, 4) is 11.8 Å². The summed E-state index contributed by atoms with van der Waals surface area (Å²) < 4.78 is 6.49. The Hall–Kier alpha value is -2.49. The standard InChI is InChI=1S/C23H14BrCl3N2O2/c24-17-11-14(8-9-21(17)31-13-15-4-1-2-5-18(15)25)10-16(12-28)23(30)29-20-7-3-6-19(26)22(20)27/h1-11H,13H2,(H,29,30)/b16-10-. The van der Waals surface area contributed by atoms with Crippen LogP contribution in [-0.2, 0) is 11.4 Å². The summed E-state index contributed by atoms with van der Waals surface area (Å²) in [6.45, 7) is 0.305. The number of nitrogens with one attached hydrogen (secondary N) is 1. The van der Waals surface area contributed by atoms with E-state index in [0.717, 1.165) is 5.56 Å². The number of ether oxygens (including phenoxy) is 1. The Bertz CT molecular complexity index is 1210. The number of benzene rings is 3. The molecule has 3 aromatic carbocycles. The Morgan fingerprint density at radius 1 is 1.06 bits per heavy atom. The molecule has 3 rings (SSSR count). The number of hydrogen-bond donors (Lipinski definition) is 1. The van der Waals surface area contributed by atoms with E-state index in [0.29, 0.717) is 38.1 Å². The molecule has 1 amide bonds. The Balaban J connectivity index is 1.74. The first-order valence-corrected chi connectivity index (χ1v) is 10.8. The molecule has 0 saturated heterocycles. The highest BCUT2D eigenvalue weighted by Crippen LogP contribution is 2.31. The van der Waals surface area contributed by atoms with Crippen LogP contribution in [0.2, 0.25) is 15.1 Å². The maximum atomic E-state index is 12.5. The molecule has 0 saturated carbocycles. The molecule has 0 aliphatic rings. The van der Waals surface area contributed by atoms with Crippen molar-refractivity contribution in [1.82, 2.24) is 0 Å². The van der Waals surface area contributed by atoms with E-state index >= 15 is 0 Å². The van der Waals surface area contributed by atoms with Crippen molar-refractivity contribution in [2.24, 2.45) is 0 Å². The van der Waals surface area contributed by atoms with Crippen LogP contribution in [-0.4, -0.2) is 5.91 Å². The van der Waals surface area contributed by atoms with E-state index < -0.39 is 5.91 Å². The number of nitrogens with zero attached hydrogens (tertiary/aromatic N) is 1. The highest BCUT2D eigenvalue weighted by atomic mass is 79.9. The summed E-state index contributed by atoms with van der Waals surface area (Å²) in [5.74, 6) is 0.00701. The predicted molar refractivity (Wildman–Crippen MR) is 129 cm³/mol. The number of nitriles is 1. The number of hydrogen-bond acceptors (Lipinski definition) is 3. The van der Waals surface area contributed by atoms with Gasteiger partial charge in [0.1, 0.15) is 24.0 Å². The SMILES string of the molecule is N#C/C(=C/c1ccc(OCc2ccccc2Cl)c(Br)c1)C(=O)Nc1cccc(Cl)c1Cl. The van der Waals surface area contributed by atoms with Crippen LogP contribution in [0, 0.1) is 11.3 Å². The number of amides is 1. The zero-order valence-corrected chi connectivity index (χ0v) is 19.7. The van der Waals surface area contributed by atoms with E-state index in [1.807, 2.05) is 24.3 Å². The normalized spacial score (nSPS) is 11.0. The van der Waals surface area contributed by atoms with Crippen LogP contribution in [0.1, 0.15) is 11.1 Å². The molecule has 0 aromatic heterocycles. The van der Waals surface area contributed by atoms with Crippen molar-refractivity contribution in [3.05, 3.63) is 96.9 Å². The Labute approximate surface area is 203 Å². The third-order valence-corrected chi connectivity index (χ3v) is 5.98. The van der Waals surface area contributed by atoms with E-state index in [9.17, 15) is 10.1 Å². The first kappa shape index (κ1) is 23.2. The van der Waals surface area contributed by atoms with Gasteiger partial charge in [0.25, 0.3) is 5.91 Å². The molecule has 0 aliphatic carbocycles. The van der Waals surface area contributed by atoms with Crippen LogP contribution >= 0.6 is 50.7 Å². The molecular weight excluding hydrogens is 523 g/mol. The van der Waals surface area contributed by atoms with Crippen molar-refractivity contribution in [2.75, 3.05) is 5.32 Å². The minimum absolute atomic E-state index is 0.0901. The lowest BCUT2D eigenvalue weighted by atomic mass is 10.1. The lowest BCUT2D eigenvalue weighted by molar-refractivity contribution is -0.112. The fraction of sp³-hybridized carbons (Fsp3) is 0.0435. The van der Waals surface area contributed by atoms with Gasteiger partial charge in [-0.05, 0) is 57.9 Å². The van der Waals surface area contributed by atoms with Gasteiger partial charge in [0.2, 0.25) is 0 Å². The molecule has 3 aromatic rings. The minimum Gasteiger partial charge on any atom is -0.488 e. The predicted octanol–water partition coefficient (Wildman–Crippen LogP) is 7.53. The van der Waals surface area contributed by atoms with Gasteiger partial charge in [-0.15, -0.1) is 0 Å². The molecule has 0 bridgehead atoms. The van der Waals surface area contributed by atoms with Gasteiger partial charge in [0.15, 0.2) is 0 Å². The van der Waals surface area contributed by atoms with Crippen molar-refractivity contribution in [1.29, 1.82) is 5.26 Å². The molecule has 0 atom stereocenters. The summed E-state index contributed by atoms with van der Waals surface area (Å²) in [5.41, 5.74) is 1.74. The van der Waals surface area contributed by atoms with E-state index in [1.165, 1.54) is 6.08 Å². The summed E-state index contributed by atoms with van der Waals surface area (Å²) in [4.78, 5) is 12.5. The Kier molecular flexibility index (Phi) is 8.00. The molecule has 4 nitrogen and oxygen atoms in total. The van der Waals surface area contributed by atoms with E-state index in [2.05, 4.69) is 21.2 Å². The summed E-state index contributed by atoms with van der Waals surface area (Å²) in [7, 11) is 0. The van der Waals surface area contributed by atoms with E-state index in [-0.39, 0.29) is 10.6 Å². The Morgan fingerprint density at radius 3 is 2.52 bits per heavy atom. The Morgan fingerprint density at radius 2 is 1.81 bits per heavy atom. The number of carbonyl (C=O) groups is 1. The van der Waals surface area contributed by atoms with E-state index in [1.54, 1.807) is 42.5 Å². The zero-order chi connectivity index (χ0) is 22.4. The summed E-state index contributed by atoms with van der Waals surface area (Å²) >= 11 is 21.7. The van der Waals surface area contributed by atoms with Gasteiger partial charge < -0.3 is 10.1 Å². The second kappa shape index (κ2) is 10.7. The lowest BCUT2D eigenvalue weighted by Gasteiger charge is -2.10. The zero-order valence-electron chi connectivity index (χ0n) is 15.8. The van der Waals surface area contributed by atoms with Crippen molar-refractivity contribution in [3.63, 3.8) is 0 Å². The molecule has 0 fully saturated rings. The average Bonchev–Trinajstić information content (AvgIpc) is 2.75. The average molecular weight is 537 g/mol. The molecule has 31 heavy (non-hydrogen) atoms. The topological polar surface area (TPSA) is 62.1 Å². The number of rotatable bonds is 6. The summed E-state index contributed by atoms with van der Waals surface area (Å²) in [6.07, 6.45) is 1.47. The molecule has 156 valence electrons. The molecule has 0 heterocycles. The smallest absolute Gasteiger partial charge is 0.266 e. The number of carbonyl (C=O) groups excluding carboxylic acids is 1. The highest BCUT2D eigenvalue weighted by molar-refractivity contribution is 9.10. The molecule has 1 N–H and O–H groups in total. The third-order valence-electron chi connectivity index (χ3n) is 4.17. The minimum atomic E-state index is -0.596. The largest absolute Gasteiger partial charge is 0.488 e. The maximum Gasteiger partial charge on any atom is 0.266 e. The molecule has 8 heteroatoms. The molecule has 0 aliphatic heterocycles. The first-order chi connectivity index (χ1) is 14.9. The van der Waals surface area contributed by atoms with Gasteiger partial charge in [-0.2, -0.15) is 5.26 Å². The number of halogens is 4. The molecular formula is C23H14BrCl3N2O2. The fourth-order valence-corrected chi connectivity index (χ4v) is 3.65. The maximum absolute atomic E-state index is 12.5. The van der Waals surface area contributed by atoms with Crippen molar-refractivity contribution in [2.45, 2.75) is 6.61 Å². The van der Waals surface area contributed by atoms with Crippen LogP contribution in [0.4, 0.5) is 5.69 Å². The van der Waals surface area contributed by atoms with Crippen LogP contribution in [0.5, 0.6) is 5.75 Å². The molecule has 0 unspecified atom stereocenters. The summed E-state index contributed by atoms with van der Waals surface area (Å²) in [6, 6.07) is 19.4. The van der Waals surface area contributed by atoms with Crippen molar-refractivity contribution >= 4 is 68.4 Å². The highest BCUT2D eigenvalue weighted by Gasteiger charge is 2.13. The molecule has 0 spiro atoms. The van der Waals surface area contributed by atoms with Gasteiger partial charge in [0, 0.05) is 10.6 Å². The van der Waals surface area contributed by atoms with Crippen LogP contribution in [0.25, 0.3) is 6.08 Å². The number of anilines is 1. The van der Waals surface area contributed by atoms with Gasteiger partial charge >= 0.3 is 0 Å². The quantitative estimate of drug-likeness (QED) is 0.262. The van der Waals surface area contributed by atoms with E-state index in [4.69, 9.17) is 39.5 Å². The second-order valence-corrected chi connectivity index (χ2v) is 8.34. The van der Waals surface area contributed by atoms with Gasteiger partial charge in [-0.1, -0.05) is 65.1 Å². The lowest BCUT2D eigenvalue weighted by Crippen LogP contribution is -2.13. The summed E-state index contributed by atoms with van der Waals surface area (Å²) in [5, 5.41) is 13.2. The third kappa shape index (κ3) is 6.03. The van der Waals surface area contributed by atoms with Crippen LogP contribution in [0.3, 0.4) is 0 Å². The van der Waals surface area contributed by atoms with Gasteiger partial charge in [-0.25, -0.2) is 0 Å². The molecule has 0 radical (unpaired) electrons. The second-order valence-electron chi connectivity index (χ2n) is 6.30. The van der Waals surface area contributed by atoms with Gasteiger partial charge in [-0.3, -0.25) is 4.79 Å². The monoisotopic (exact) mass is 534 g/mol. The van der Waals surface area contributed by atoms with Gasteiger partial charge in [0.05, 0.1) is 20.2 Å². The van der Waals surface area contributed by atoms with Crippen LogP contribution in [0.15, 0.2) is 70.7 Å². The van der Waals surface area contributed by atoms with Crippen LogP contribution < -0.4 is 10.1 Å². The first-order valence-electron chi connectivity index (χ1n) is 8.92.